The standard InChI is InChI=1S/C27H22ClF2N3O2/c1-17(34)27(29,30)21-8-2-18(3-9-21)16-24(35)33-23-12-6-20(7-13-23)26-25(31-14-15-32-26)19-4-10-22(28)11-5-19/h2-15,17,34H,16H2,1H3,(H,33,35). The number of benzene rings is 3. The minimum absolute atomic E-state index is 0.0210. The van der Waals surface area contributed by atoms with Crippen molar-refractivity contribution < 1.29 is 18.7 Å². The van der Waals surface area contributed by atoms with E-state index in [0.29, 0.717) is 27.7 Å². The molecule has 0 aliphatic carbocycles. The predicted octanol–water partition coefficient (Wildman–Crippen LogP) is 6.12. The maximum absolute atomic E-state index is 13.9. The highest BCUT2D eigenvalue weighted by molar-refractivity contribution is 6.30. The quantitative estimate of drug-likeness (QED) is 0.325. The Labute approximate surface area is 206 Å². The summed E-state index contributed by atoms with van der Waals surface area (Å²) in [6.07, 6.45) is 1.46. The molecule has 1 unspecified atom stereocenters. The van der Waals surface area contributed by atoms with Crippen molar-refractivity contribution in [3.05, 3.63) is 101 Å². The molecule has 5 nitrogen and oxygen atoms in total. The zero-order chi connectivity index (χ0) is 25.0. The summed E-state index contributed by atoms with van der Waals surface area (Å²) in [7, 11) is 0. The zero-order valence-electron chi connectivity index (χ0n) is 18.8. The van der Waals surface area contributed by atoms with E-state index in [-0.39, 0.29) is 17.9 Å². The highest BCUT2D eigenvalue weighted by atomic mass is 35.5. The molecule has 2 N–H and O–H groups in total. The van der Waals surface area contributed by atoms with Crippen molar-refractivity contribution in [2.45, 2.75) is 25.4 Å². The van der Waals surface area contributed by atoms with Crippen molar-refractivity contribution in [2.24, 2.45) is 0 Å². The summed E-state index contributed by atoms with van der Waals surface area (Å²) in [5.74, 6) is -3.63. The number of carbonyl (C=O) groups excluding carboxylic acids is 1. The number of nitrogens with zero attached hydrogens (tertiary/aromatic N) is 2. The van der Waals surface area contributed by atoms with Crippen LogP contribution in [0.4, 0.5) is 14.5 Å². The Kier molecular flexibility index (Phi) is 7.19. The highest BCUT2D eigenvalue weighted by Gasteiger charge is 2.37. The molecule has 4 aromatic rings. The van der Waals surface area contributed by atoms with E-state index in [1.165, 1.54) is 24.3 Å². The van der Waals surface area contributed by atoms with Crippen molar-refractivity contribution in [1.82, 2.24) is 9.97 Å². The maximum atomic E-state index is 13.9. The summed E-state index contributed by atoms with van der Waals surface area (Å²) in [6.45, 7) is 1.04. The molecule has 0 bridgehead atoms. The summed E-state index contributed by atoms with van der Waals surface area (Å²) in [6, 6.07) is 19.9. The van der Waals surface area contributed by atoms with Gasteiger partial charge in [0.2, 0.25) is 5.91 Å². The molecule has 4 rings (SSSR count). The first-order valence-corrected chi connectivity index (χ1v) is 11.2. The smallest absolute Gasteiger partial charge is 0.298 e. The third kappa shape index (κ3) is 5.70. The van der Waals surface area contributed by atoms with Gasteiger partial charge in [0.05, 0.1) is 17.8 Å². The van der Waals surface area contributed by atoms with E-state index in [0.717, 1.165) is 18.1 Å². The second kappa shape index (κ2) is 10.3. The number of aliphatic hydroxyl groups excluding tert-OH is 1. The van der Waals surface area contributed by atoms with Gasteiger partial charge in [-0.05, 0) is 36.8 Å². The molecule has 3 aromatic carbocycles. The first-order valence-electron chi connectivity index (χ1n) is 10.9. The lowest BCUT2D eigenvalue weighted by Crippen LogP contribution is -2.27. The number of nitrogens with one attached hydrogen (secondary N) is 1. The molecule has 0 aliphatic rings. The minimum Gasteiger partial charge on any atom is -0.387 e. The molecule has 35 heavy (non-hydrogen) atoms. The fraction of sp³-hybridized carbons (Fsp3) is 0.148. The average molecular weight is 494 g/mol. The van der Waals surface area contributed by atoms with Gasteiger partial charge >= 0.3 is 0 Å². The molecule has 0 saturated carbocycles. The van der Waals surface area contributed by atoms with Crippen molar-refractivity contribution in [1.29, 1.82) is 0 Å². The van der Waals surface area contributed by atoms with Gasteiger partial charge in [0.25, 0.3) is 5.92 Å². The van der Waals surface area contributed by atoms with Crippen LogP contribution in [-0.4, -0.2) is 27.1 Å². The van der Waals surface area contributed by atoms with Gasteiger partial charge in [0.15, 0.2) is 0 Å². The molecule has 0 radical (unpaired) electrons. The third-order valence-electron chi connectivity index (χ3n) is 5.49. The third-order valence-corrected chi connectivity index (χ3v) is 5.74. The van der Waals surface area contributed by atoms with Crippen LogP contribution < -0.4 is 5.32 Å². The van der Waals surface area contributed by atoms with Gasteiger partial charge < -0.3 is 10.4 Å². The lowest BCUT2D eigenvalue weighted by atomic mass is 10.0. The van der Waals surface area contributed by atoms with Crippen LogP contribution >= 0.6 is 11.6 Å². The van der Waals surface area contributed by atoms with E-state index < -0.39 is 12.0 Å². The van der Waals surface area contributed by atoms with Crippen LogP contribution in [-0.2, 0) is 17.1 Å². The first kappa shape index (κ1) is 24.4. The van der Waals surface area contributed by atoms with Gasteiger partial charge in [-0.25, -0.2) is 0 Å². The largest absolute Gasteiger partial charge is 0.387 e. The number of aliphatic hydroxyl groups is 1. The van der Waals surface area contributed by atoms with Crippen LogP contribution in [0.1, 0.15) is 18.1 Å². The Bertz CT molecular complexity index is 1310. The molecule has 0 aliphatic heterocycles. The lowest BCUT2D eigenvalue weighted by molar-refractivity contribution is -0.115. The molecule has 8 heteroatoms. The number of hydrogen-bond acceptors (Lipinski definition) is 4. The summed E-state index contributed by atoms with van der Waals surface area (Å²) in [4.78, 5) is 21.4. The molecule has 1 amide bonds. The van der Waals surface area contributed by atoms with Crippen LogP contribution in [0.15, 0.2) is 85.2 Å². The second-order valence-electron chi connectivity index (χ2n) is 8.06. The van der Waals surface area contributed by atoms with Crippen LogP contribution in [0.25, 0.3) is 22.5 Å². The fourth-order valence-corrected chi connectivity index (χ4v) is 3.68. The molecule has 1 atom stereocenters. The molecule has 1 heterocycles. The number of carbonyl (C=O) groups is 1. The van der Waals surface area contributed by atoms with Crippen molar-refractivity contribution in [3.63, 3.8) is 0 Å². The number of halogens is 3. The lowest BCUT2D eigenvalue weighted by Gasteiger charge is -2.19. The fourth-order valence-electron chi connectivity index (χ4n) is 3.56. The van der Waals surface area contributed by atoms with Crippen LogP contribution in [0.3, 0.4) is 0 Å². The van der Waals surface area contributed by atoms with Crippen LogP contribution in [0.5, 0.6) is 0 Å². The van der Waals surface area contributed by atoms with Gasteiger partial charge in [-0.1, -0.05) is 60.1 Å². The van der Waals surface area contributed by atoms with Crippen LogP contribution in [0, 0.1) is 0 Å². The van der Waals surface area contributed by atoms with E-state index >= 15 is 0 Å². The van der Waals surface area contributed by atoms with Gasteiger partial charge in [-0.3, -0.25) is 14.8 Å². The highest BCUT2D eigenvalue weighted by Crippen LogP contribution is 2.32. The molecular formula is C27H22ClF2N3O2. The summed E-state index contributed by atoms with van der Waals surface area (Å²) >= 11 is 5.99. The number of alkyl halides is 2. The number of rotatable bonds is 7. The number of hydrogen-bond donors (Lipinski definition) is 2. The Morgan fingerprint density at radius 3 is 1.94 bits per heavy atom. The van der Waals surface area contributed by atoms with E-state index in [4.69, 9.17) is 11.6 Å². The second-order valence-corrected chi connectivity index (χ2v) is 8.50. The van der Waals surface area contributed by atoms with Gasteiger partial charge in [-0.2, -0.15) is 8.78 Å². The van der Waals surface area contributed by atoms with E-state index in [9.17, 15) is 18.7 Å². The zero-order valence-corrected chi connectivity index (χ0v) is 19.5. The van der Waals surface area contributed by atoms with Crippen molar-refractivity contribution in [2.75, 3.05) is 5.32 Å². The average Bonchev–Trinajstić information content (AvgIpc) is 2.85. The predicted molar refractivity (Wildman–Crippen MR) is 132 cm³/mol. The molecule has 178 valence electrons. The number of aromatic nitrogens is 2. The Balaban J connectivity index is 1.44. The van der Waals surface area contributed by atoms with Gasteiger partial charge in [0.1, 0.15) is 6.10 Å². The van der Waals surface area contributed by atoms with Crippen molar-refractivity contribution >= 4 is 23.2 Å². The Morgan fingerprint density at radius 2 is 1.43 bits per heavy atom. The van der Waals surface area contributed by atoms with Gasteiger partial charge in [0, 0.05) is 39.8 Å². The molecular weight excluding hydrogens is 472 g/mol. The molecule has 0 fully saturated rings. The molecule has 0 saturated heterocycles. The van der Waals surface area contributed by atoms with Gasteiger partial charge in [-0.15, -0.1) is 0 Å². The SMILES string of the molecule is CC(O)C(F)(F)c1ccc(CC(=O)Nc2ccc(-c3nccnc3-c3ccc(Cl)cc3)cc2)cc1. The molecule has 0 spiro atoms. The van der Waals surface area contributed by atoms with Crippen LogP contribution in [0.2, 0.25) is 5.02 Å². The maximum Gasteiger partial charge on any atom is 0.298 e. The van der Waals surface area contributed by atoms with E-state index in [1.54, 1.807) is 36.7 Å². The minimum atomic E-state index is -3.35. The normalized spacial score (nSPS) is 12.3. The first-order chi connectivity index (χ1) is 16.7. The molecule has 1 aromatic heterocycles. The number of amides is 1. The summed E-state index contributed by atoms with van der Waals surface area (Å²) in [5, 5.41) is 12.7. The Hall–Kier alpha value is -3.68. The topological polar surface area (TPSA) is 75.1 Å². The van der Waals surface area contributed by atoms with E-state index in [1.807, 2.05) is 24.3 Å². The monoisotopic (exact) mass is 493 g/mol. The van der Waals surface area contributed by atoms with E-state index in [2.05, 4.69) is 15.3 Å². The summed E-state index contributed by atoms with van der Waals surface area (Å²) < 4.78 is 27.8. The van der Waals surface area contributed by atoms with Crippen molar-refractivity contribution in [3.8, 4) is 22.5 Å². The number of anilines is 1. The summed E-state index contributed by atoms with van der Waals surface area (Å²) in [5.41, 5.74) is 3.99. The Morgan fingerprint density at radius 1 is 0.914 bits per heavy atom.